The van der Waals surface area contributed by atoms with E-state index >= 15 is 0 Å². The predicted octanol–water partition coefficient (Wildman–Crippen LogP) is 2.87. The lowest BCUT2D eigenvalue weighted by Gasteiger charge is -2.26. The Morgan fingerprint density at radius 2 is 1.76 bits per heavy atom. The zero-order chi connectivity index (χ0) is 26.4. The standard InChI is InChI=1S/C28H32N2O7/c1-28-15-21(27(34)37-18-19-9-4-3-5-10-19)30(23(28)16-28)25(32)17-29-24(31)13-8-14-36-22-12-7-6-11-20(22)26(33)35-2/h3-7,9-12,21,23H,8,13-18H2,1-2H3,(H,29,31)/t21-,23-,28+/m0/s1. The number of rotatable bonds is 11. The molecule has 2 aromatic rings. The summed E-state index contributed by atoms with van der Waals surface area (Å²) in [7, 11) is 1.30. The molecule has 2 fully saturated rings. The van der Waals surface area contributed by atoms with Crippen LogP contribution in [0, 0.1) is 5.41 Å². The molecule has 1 saturated carbocycles. The summed E-state index contributed by atoms with van der Waals surface area (Å²) in [6.45, 7) is 2.26. The number of amides is 2. The van der Waals surface area contributed by atoms with Gasteiger partial charge in [0, 0.05) is 12.5 Å². The molecule has 4 rings (SSSR count). The molecule has 1 aliphatic heterocycles. The van der Waals surface area contributed by atoms with Gasteiger partial charge in [0.15, 0.2) is 0 Å². The second-order valence-electron chi connectivity index (χ2n) is 9.70. The molecule has 2 aliphatic rings. The van der Waals surface area contributed by atoms with Gasteiger partial charge in [0.25, 0.3) is 0 Å². The summed E-state index contributed by atoms with van der Waals surface area (Å²) >= 11 is 0. The highest BCUT2D eigenvalue weighted by molar-refractivity contribution is 5.92. The van der Waals surface area contributed by atoms with Crippen molar-refractivity contribution in [2.45, 2.75) is 51.3 Å². The van der Waals surface area contributed by atoms with Crippen LogP contribution in [-0.2, 0) is 30.5 Å². The third-order valence-electron chi connectivity index (χ3n) is 6.95. The van der Waals surface area contributed by atoms with Gasteiger partial charge >= 0.3 is 11.9 Å². The quantitative estimate of drug-likeness (QED) is 0.367. The van der Waals surface area contributed by atoms with Gasteiger partial charge in [-0.05, 0) is 42.4 Å². The number of methoxy groups -OCH3 is 1. The smallest absolute Gasteiger partial charge is 0.341 e. The summed E-state index contributed by atoms with van der Waals surface area (Å²) < 4.78 is 15.9. The number of hydrogen-bond acceptors (Lipinski definition) is 7. The summed E-state index contributed by atoms with van der Waals surface area (Å²) in [6.07, 6.45) is 1.96. The van der Waals surface area contributed by atoms with Crippen LogP contribution in [0.25, 0.3) is 0 Å². The Balaban J connectivity index is 1.22. The predicted molar refractivity (Wildman–Crippen MR) is 134 cm³/mol. The highest BCUT2D eigenvalue weighted by Gasteiger charge is 2.64. The number of fused-ring (bicyclic) bond motifs is 1. The van der Waals surface area contributed by atoms with Crippen molar-refractivity contribution in [1.82, 2.24) is 10.2 Å². The summed E-state index contributed by atoms with van der Waals surface area (Å²) in [6, 6.07) is 15.5. The normalized spacial score (nSPS) is 21.5. The van der Waals surface area contributed by atoms with E-state index in [0.29, 0.717) is 24.2 Å². The number of para-hydroxylation sites is 1. The fourth-order valence-electron chi connectivity index (χ4n) is 4.80. The molecule has 1 aliphatic carbocycles. The van der Waals surface area contributed by atoms with Crippen LogP contribution < -0.4 is 10.1 Å². The van der Waals surface area contributed by atoms with Crippen LogP contribution in [0.2, 0.25) is 0 Å². The fraction of sp³-hybridized carbons (Fsp3) is 0.429. The summed E-state index contributed by atoms with van der Waals surface area (Å²) in [5, 5.41) is 2.65. The van der Waals surface area contributed by atoms with Crippen molar-refractivity contribution in [3.05, 3.63) is 65.7 Å². The highest BCUT2D eigenvalue weighted by Crippen LogP contribution is 2.59. The molecule has 1 heterocycles. The lowest BCUT2D eigenvalue weighted by Crippen LogP contribution is -2.48. The third-order valence-corrected chi connectivity index (χ3v) is 6.95. The van der Waals surface area contributed by atoms with Gasteiger partial charge in [0.05, 0.1) is 20.3 Å². The number of carbonyl (C=O) groups excluding carboxylic acids is 4. The van der Waals surface area contributed by atoms with Crippen LogP contribution >= 0.6 is 0 Å². The van der Waals surface area contributed by atoms with Gasteiger partial charge in [-0.2, -0.15) is 0 Å². The Labute approximate surface area is 216 Å². The van der Waals surface area contributed by atoms with Gasteiger partial charge in [0.1, 0.15) is 24.0 Å². The van der Waals surface area contributed by atoms with E-state index in [1.54, 1.807) is 29.2 Å². The van der Waals surface area contributed by atoms with Crippen molar-refractivity contribution in [3.63, 3.8) is 0 Å². The Kier molecular flexibility index (Phi) is 8.11. The number of piperidine rings is 1. The van der Waals surface area contributed by atoms with Gasteiger partial charge in [-0.15, -0.1) is 0 Å². The van der Waals surface area contributed by atoms with E-state index in [0.717, 1.165) is 12.0 Å². The first-order chi connectivity index (χ1) is 17.8. The molecular weight excluding hydrogens is 476 g/mol. The van der Waals surface area contributed by atoms with Crippen LogP contribution in [0.4, 0.5) is 0 Å². The number of ether oxygens (including phenoxy) is 3. The molecule has 9 nitrogen and oxygen atoms in total. The van der Waals surface area contributed by atoms with Crippen molar-refractivity contribution in [3.8, 4) is 5.75 Å². The van der Waals surface area contributed by atoms with E-state index in [-0.39, 0.29) is 49.5 Å². The molecule has 196 valence electrons. The molecule has 0 aromatic heterocycles. The number of carbonyl (C=O) groups is 4. The maximum absolute atomic E-state index is 13.0. The first-order valence-electron chi connectivity index (χ1n) is 12.4. The lowest BCUT2D eigenvalue weighted by atomic mass is 10.0. The molecule has 1 saturated heterocycles. The van der Waals surface area contributed by atoms with Crippen LogP contribution in [0.3, 0.4) is 0 Å². The topological polar surface area (TPSA) is 111 Å². The molecule has 9 heteroatoms. The molecule has 1 N–H and O–H groups in total. The molecule has 0 bridgehead atoms. The number of nitrogens with one attached hydrogen (secondary N) is 1. The second-order valence-corrected chi connectivity index (χ2v) is 9.70. The lowest BCUT2D eigenvalue weighted by molar-refractivity contribution is -0.155. The van der Waals surface area contributed by atoms with E-state index < -0.39 is 18.0 Å². The van der Waals surface area contributed by atoms with E-state index in [1.165, 1.54) is 7.11 Å². The minimum absolute atomic E-state index is 0.00513. The van der Waals surface area contributed by atoms with Gasteiger partial charge in [-0.25, -0.2) is 9.59 Å². The summed E-state index contributed by atoms with van der Waals surface area (Å²) in [5.41, 5.74) is 1.12. The van der Waals surface area contributed by atoms with Crippen molar-refractivity contribution in [2.75, 3.05) is 20.3 Å². The highest BCUT2D eigenvalue weighted by atomic mass is 16.5. The molecule has 37 heavy (non-hydrogen) atoms. The number of esters is 2. The van der Waals surface area contributed by atoms with Gasteiger partial charge < -0.3 is 24.4 Å². The van der Waals surface area contributed by atoms with Gasteiger partial charge in [-0.1, -0.05) is 49.4 Å². The molecule has 0 unspecified atom stereocenters. The number of nitrogens with zero attached hydrogens (tertiary/aromatic N) is 1. The Morgan fingerprint density at radius 3 is 2.51 bits per heavy atom. The monoisotopic (exact) mass is 508 g/mol. The van der Waals surface area contributed by atoms with Crippen LogP contribution in [0.15, 0.2) is 54.6 Å². The van der Waals surface area contributed by atoms with Crippen LogP contribution in [0.5, 0.6) is 5.75 Å². The molecule has 0 spiro atoms. The third kappa shape index (κ3) is 6.28. The second kappa shape index (κ2) is 11.5. The molecule has 2 aromatic carbocycles. The zero-order valence-corrected chi connectivity index (χ0v) is 21.1. The maximum Gasteiger partial charge on any atom is 0.341 e. The van der Waals surface area contributed by atoms with E-state index in [4.69, 9.17) is 14.2 Å². The first-order valence-corrected chi connectivity index (χ1v) is 12.4. The largest absolute Gasteiger partial charge is 0.493 e. The molecule has 3 atom stereocenters. The van der Waals surface area contributed by atoms with E-state index in [1.807, 2.05) is 30.3 Å². The van der Waals surface area contributed by atoms with E-state index in [9.17, 15) is 19.2 Å². The van der Waals surface area contributed by atoms with Crippen molar-refractivity contribution >= 4 is 23.8 Å². The van der Waals surface area contributed by atoms with Crippen LogP contribution in [0.1, 0.15) is 48.5 Å². The van der Waals surface area contributed by atoms with Gasteiger partial charge in [0.2, 0.25) is 11.8 Å². The summed E-state index contributed by atoms with van der Waals surface area (Å²) in [5.74, 6) is -1.11. The number of hydrogen-bond donors (Lipinski definition) is 1. The molecule has 0 radical (unpaired) electrons. The van der Waals surface area contributed by atoms with Gasteiger partial charge in [-0.3, -0.25) is 9.59 Å². The Bertz CT molecular complexity index is 1150. The molecular formula is C28H32N2O7. The average Bonchev–Trinajstić information content (AvgIpc) is 3.48. The number of benzene rings is 2. The Morgan fingerprint density at radius 1 is 1.03 bits per heavy atom. The number of likely N-dealkylation sites (tertiary alicyclic amines) is 1. The minimum Gasteiger partial charge on any atom is -0.493 e. The van der Waals surface area contributed by atoms with E-state index in [2.05, 4.69) is 12.2 Å². The Hall–Kier alpha value is -3.88. The average molecular weight is 509 g/mol. The maximum atomic E-state index is 13.0. The van der Waals surface area contributed by atoms with Crippen molar-refractivity contribution < 1.29 is 33.4 Å². The first kappa shape index (κ1) is 26.2. The zero-order valence-electron chi connectivity index (χ0n) is 21.1. The van der Waals surface area contributed by atoms with Crippen LogP contribution in [-0.4, -0.2) is 61.0 Å². The molecule has 2 amide bonds. The van der Waals surface area contributed by atoms with Crippen molar-refractivity contribution in [2.24, 2.45) is 5.41 Å². The fourth-order valence-corrected chi connectivity index (χ4v) is 4.80. The minimum atomic E-state index is -0.639. The summed E-state index contributed by atoms with van der Waals surface area (Å²) in [4.78, 5) is 51.5. The van der Waals surface area contributed by atoms with Crippen molar-refractivity contribution in [1.29, 1.82) is 0 Å². The SMILES string of the molecule is COC(=O)c1ccccc1OCCCC(=O)NCC(=O)N1[C@H]2C[C@@]2(C)C[C@H]1C(=O)OCc1ccccc1.